The van der Waals surface area contributed by atoms with Crippen LogP contribution in [0.15, 0.2) is 84.1 Å². The number of fused-ring (bicyclic) bond motifs is 1. The van der Waals surface area contributed by atoms with E-state index >= 15 is 0 Å². The second-order valence-electron chi connectivity index (χ2n) is 8.47. The van der Waals surface area contributed by atoms with Gasteiger partial charge in [-0.2, -0.15) is 0 Å². The number of ketones is 1. The number of nitrogens with zero attached hydrogens (tertiary/aromatic N) is 2. The van der Waals surface area contributed by atoms with Gasteiger partial charge in [-0.3, -0.25) is 14.5 Å². The number of aliphatic hydroxyl groups excluding tert-OH is 1. The highest BCUT2D eigenvalue weighted by Crippen LogP contribution is 2.41. The number of Topliss-reactive ketones (excluding diaryl/α,β-unsaturated/α-hetero) is 1. The molecule has 0 radical (unpaired) electrons. The predicted molar refractivity (Wildman–Crippen MR) is 135 cm³/mol. The molecule has 5 rings (SSSR count). The van der Waals surface area contributed by atoms with Gasteiger partial charge in [-0.25, -0.2) is 4.98 Å². The summed E-state index contributed by atoms with van der Waals surface area (Å²) in [6.07, 6.45) is 0.627. The summed E-state index contributed by atoms with van der Waals surface area (Å²) in [6, 6.07) is 21.1. The summed E-state index contributed by atoms with van der Waals surface area (Å²) >= 11 is 0. The number of aromatic nitrogens is 2. The summed E-state index contributed by atoms with van der Waals surface area (Å²) in [5, 5.41) is 10.9. The number of hydrogen-bond donors (Lipinski definition) is 2. The van der Waals surface area contributed by atoms with Crippen LogP contribution in [-0.4, -0.2) is 41.0 Å². The number of carbonyl (C=O) groups excluding carboxylic acids is 2. The molecule has 2 N–H and O–H groups in total. The predicted octanol–water partition coefficient (Wildman–Crippen LogP) is 4.68. The van der Waals surface area contributed by atoms with Crippen LogP contribution >= 0.6 is 0 Å². The van der Waals surface area contributed by atoms with E-state index in [1.807, 2.05) is 30.3 Å². The first kappa shape index (κ1) is 23.2. The van der Waals surface area contributed by atoms with Gasteiger partial charge in [0.2, 0.25) is 5.95 Å². The number of amides is 1. The molecular formula is C28H25N3O5. The first-order valence-corrected chi connectivity index (χ1v) is 11.5. The summed E-state index contributed by atoms with van der Waals surface area (Å²) in [5.41, 5.74) is 2.93. The van der Waals surface area contributed by atoms with E-state index in [0.29, 0.717) is 34.5 Å². The van der Waals surface area contributed by atoms with Crippen molar-refractivity contribution in [1.82, 2.24) is 9.97 Å². The Morgan fingerprint density at radius 3 is 2.50 bits per heavy atom. The minimum atomic E-state index is -0.877. The highest BCUT2D eigenvalue weighted by atomic mass is 16.5. The molecule has 1 aliphatic heterocycles. The Balaban J connectivity index is 1.57. The third-order valence-corrected chi connectivity index (χ3v) is 6.31. The van der Waals surface area contributed by atoms with E-state index in [2.05, 4.69) is 9.97 Å². The van der Waals surface area contributed by atoms with Gasteiger partial charge in [0.15, 0.2) is 11.5 Å². The monoisotopic (exact) mass is 483 g/mol. The Hall–Kier alpha value is -4.59. The van der Waals surface area contributed by atoms with Crippen LogP contribution in [-0.2, 0) is 16.0 Å². The molecule has 2 heterocycles. The second-order valence-corrected chi connectivity index (χ2v) is 8.47. The van der Waals surface area contributed by atoms with Crippen LogP contribution in [0, 0.1) is 0 Å². The van der Waals surface area contributed by atoms with E-state index in [4.69, 9.17) is 9.47 Å². The summed E-state index contributed by atoms with van der Waals surface area (Å²) in [5.74, 6) is -0.161. The second kappa shape index (κ2) is 9.58. The molecule has 1 aliphatic rings. The fraction of sp³-hybridized carbons (Fsp3) is 0.179. The number of benzene rings is 3. The van der Waals surface area contributed by atoms with Crippen molar-refractivity contribution >= 4 is 28.7 Å². The molecule has 0 bridgehead atoms. The molecule has 8 heteroatoms. The topological polar surface area (TPSA) is 105 Å². The van der Waals surface area contributed by atoms with Crippen LogP contribution in [0.3, 0.4) is 0 Å². The van der Waals surface area contributed by atoms with Gasteiger partial charge >= 0.3 is 0 Å². The smallest absolute Gasteiger partial charge is 0.296 e. The minimum Gasteiger partial charge on any atom is -0.503 e. The number of anilines is 1. The number of aliphatic hydroxyl groups is 1. The standard InChI is InChI=1S/C28H25N3O5/c1-35-19-10-6-9-18(15-19)25-24(23(32)14-11-17-7-4-3-5-8-17)26(33)27(34)31(25)28-29-21-13-12-20(36-2)16-22(21)30-28/h3-10,12-13,15-16,25,33H,11,14H2,1-2H3,(H,29,30). The third kappa shape index (κ3) is 4.17. The molecule has 0 aliphatic carbocycles. The van der Waals surface area contributed by atoms with Gasteiger partial charge in [0, 0.05) is 12.5 Å². The summed E-state index contributed by atoms with van der Waals surface area (Å²) < 4.78 is 10.7. The molecule has 1 amide bonds. The lowest BCUT2D eigenvalue weighted by molar-refractivity contribution is -0.118. The van der Waals surface area contributed by atoms with Crippen molar-refractivity contribution in [3.63, 3.8) is 0 Å². The van der Waals surface area contributed by atoms with Gasteiger partial charge in [-0.15, -0.1) is 0 Å². The van der Waals surface area contributed by atoms with Crippen molar-refractivity contribution < 1.29 is 24.2 Å². The van der Waals surface area contributed by atoms with Crippen molar-refractivity contribution in [3.05, 3.63) is 95.3 Å². The number of nitrogens with one attached hydrogen (secondary N) is 1. The summed E-state index contributed by atoms with van der Waals surface area (Å²) in [6.45, 7) is 0. The van der Waals surface area contributed by atoms with E-state index in [9.17, 15) is 14.7 Å². The molecule has 1 atom stereocenters. The van der Waals surface area contributed by atoms with E-state index in [0.717, 1.165) is 5.56 Å². The van der Waals surface area contributed by atoms with Gasteiger partial charge in [0.25, 0.3) is 5.91 Å². The van der Waals surface area contributed by atoms with E-state index in [1.54, 1.807) is 56.7 Å². The Kier molecular flexibility index (Phi) is 6.16. The van der Waals surface area contributed by atoms with Crippen LogP contribution in [0.5, 0.6) is 11.5 Å². The third-order valence-electron chi connectivity index (χ3n) is 6.31. The van der Waals surface area contributed by atoms with Crippen molar-refractivity contribution in [2.24, 2.45) is 0 Å². The van der Waals surface area contributed by atoms with Gasteiger partial charge in [-0.1, -0.05) is 42.5 Å². The number of aryl methyl sites for hydroxylation is 1. The number of aromatic amines is 1. The molecule has 182 valence electrons. The molecule has 0 saturated carbocycles. The van der Waals surface area contributed by atoms with Gasteiger partial charge in [0.05, 0.1) is 36.9 Å². The van der Waals surface area contributed by atoms with Gasteiger partial charge < -0.3 is 19.6 Å². The van der Waals surface area contributed by atoms with Crippen molar-refractivity contribution in [2.75, 3.05) is 19.1 Å². The zero-order chi connectivity index (χ0) is 25.2. The number of methoxy groups -OCH3 is 2. The normalized spacial score (nSPS) is 15.6. The van der Waals surface area contributed by atoms with Crippen LogP contribution < -0.4 is 14.4 Å². The van der Waals surface area contributed by atoms with Gasteiger partial charge in [-0.05, 0) is 41.8 Å². The van der Waals surface area contributed by atoms with E-state index in [-0.39, 0.29) is 23.7 Å². The lowest BCUT2D eigenvalue weighted by Gasteiger charge is -2.25. The van der Waals surface area contributed by atoms with Crippen molar-refractivity contribution in [1.29, 1.82) is 0 Å². The molecular weight excluding hydrogens is 458 g/mol. The van der Waals surface area contributed by atoms with Crippen LogP contribution in [0.2, 0.25) is 0 Å². The number of hydrogen-bond acceptors (Lipinski definition) is 6. The molecule has 8 nitrogen and oxygen atoms in total. The van der Waals surface area contributed by atoms with Crippen LogP contribution in [0.1, 0.15) is 23.6 Å². The average Bonchev–Trinajstić information content (AvgIpc) is 3.45. The Morgan fingerprint density at radius 1 is 1.00 bits per heavy atom. The fourth-order valence-electron chi connectivity index (χ4n) is 4.49. The first-order valence-electron chi connectivity index (χ1n) is 11.5. The molecule has 0 saturated heterocycles. The molecule has 1 aromatic heterocycles. The zero-order valence-electron chi connectivity index (χ0n) is 19.9. The van der Waals surface area contributed by atoms with E-state index < -0.39 is 17.7 Å². The molecule has 0 spiro atoms. The summed E-state index contributed by atoms with van der Waals surface area (Å²) in [4.78, 5) is 35.9. The maximum atomic E-state index is 13.5. The SMILES string of the molecule is COc1cccc(C2C(C(=O)CCc3ccccc3)=C(O)C(=O)N2c2nc3ccc(OC)cc3[nH]2)c1. The molecule has 3 aromatic carbocycles. The largest absolute Gasteiger partial charge is 0.503 e. The van der Waals surface area contributed by atoms with E-state index in [1.165, 1.54) is 4.90 Å². The highest BCUT2D eigenvalue weighted by Gasteiger charge is 2.45. The average molecular weight is 484 g/mol. The lowest BCUT2D eigenvalue weighted by atomic mass is 9.93. The molecule has 4 aromatic rings. The Labute approximate surface area is 207 Å². The number of rotatable bonds is 8. The van der Waals surface area contributed by atoms with Crippen molar-refractivity contribution in [3.8, 4) is 11.5 Å². The number of imidazole rings is 1. The quantitative estimate of drug-likeness (QED) is 0.377. The fourth-order valence-corrected chi connectivity index (χ4v) is 4.49. The lowest BCUT2D eigenvalue weighted by Crippen LogP contribution is -2.32. The molecule has 1 unspecified atom stereocenters. The van der Waals surface area contributed by atoms with Gasteiger partial charge in [0.1, 0.15) is 11.5 Å². The number of H-pyrrole nitrogens is 1. The minimum absolute atomic E-state index is 0.0437. The Morgan fingerprint density at radius 2 is 1.75 bits per heavy atom. The molecule has 36 heavy (non-hydrogen) atoms. The van der Waals surface area contributed by atoms with Crippen LogP contribution in [0.25, 0.3) is 11.0 Å². The maximum absolute atomic E-state index is 13.5. The maximum Gasteiger partial charge on any atom is 0.296 e. The highest BCUT2D eigenvalue weighted by molar-refractivity contribution is 6.16. The van der Waals surface area contributed by atoms with Crippen molar-refractivity contribution in [2.45, 2.75) is 18.9 Å². The first-order chi connectivity index (χ1) is 17.5. The number of carbonyl (C=O) groups is 2. The zero-order valence-corrected chi connectivity index (χ0v) is 19.9. The summed E-state index contributed by atoms with van der Waals surface area (Å²) in [7, 11) is 3.11. The Bertz CT molecular complexity index is 1480. The number of ether oxygens (including phenoxy) is 2. The molecule has 0 fully saturated rings. The van der Waals surface area contributed by atoms with Crippen LogP contribution in [0.4, 0.5) is 5.95 Å².